The third-order valence-corrected chi connectivity index (χ3v) is 7.75. The second-order valence-electron chi connectivity index (χ2n) is 11.3. The van der Waals surface area contributed by atoms with Crippen LogP contribution in [0.15, 0.2) is 46.3 Å². The molecule has 1 saturated heterocycles. The number of likely N-dealkylation sites (tertiary alicyclic amines) is 1. The van der Waals surface area contributed by atoms with E-state index in [-0.39, 0.29) is 23.6 Å². The number of hydrogen-bond donors (Lipinski definition) is 1. The van der Waals surface area contributed by atoms with Crippen molar-refractivity contribution >= 4 is 35.0 Å². The van der Waals surface area contributed by atoms with Crippen LogP contribution < -0.4 is 14.8 Å². The molecule has 1 N–H and O–H groups in total. The molecule has 1 fully saturated rings. The predicted octanol–water partition coefficient (Wildman–Crippen LogP) is 7.27. The van der Waals surface area contributed by atoms with Crippen LogP contribution in [0.4, 0.5) is 31.1 Å². The highest BCUT2D eigenvalue weighted by Crippen LogP contribution is 2.39. The van der Waals surface area contributed by atoms with Crippen LogP contribution in [-0.4, -0.2) is 53.9 Å². The number of carbonyl (C=O) groups excluding carboxylic acids is 2. The number of alkyl carbamates (subject to hydrolysis) is 1. The number of nitrogens with one attached hydrogen (secondary N) is 1. The van der Waals surface area contributed by atoms with Crippen LogP contribution in [0.2, 0.25) is 0 Å². The average molecular weight is 660 g/mol. The van der Waals surface area contributed by atoms with Gasteiger partial charge in [-0.25, -0.2) is 4.79 Å². The van der Waals surface area contributed by atoms with Crippen molar-refractivity contribution in [1.82, 2.24) is 10.2 Å². The van der Waals surface area contributed by atoms with Gasteiger partial charge in [-0.15, -0.1) is 0 Å². The molecule has 2 aliphatic rings. The monoisotopic (exact) mass is 659 g/mol. The number of aliphatic imine (C=N–C) groups is 1. The molecule has 244 valence electrons. The lowest BCUT2D eigenvalue weighted by Crippen LogP contribution is -2.47. The number of hydrogen-bond acceptors (Lipinski definition) is 7. The Bertz CT molecular complexity index is 1490. The summed E-state index contributed by atoms with van der Waals surface area (Å²) in [6, 6.07) is 5.79. The zero-order valence-electron chi connectivity index (χ0n) is 24.8. The molecule has 0 radical (unpaired) electrons. The van der Waals surface area contributed by atoms with Gasteiger partial charge in [-0.05, 0) is 81.3 Å². The fourth-order valence-electron chi connectivity index (χ4n) is 4.57. The van der Waals surface area contributed by atoms with E-state index >= 15 is 0 Å². The molecular weight excluding hydrogens is 628 g/mol. The van der Waals surface area contributed by atoms with Crippen molar-refractivity contribution in [3.8, 4) is 11.5 Å². The molecule has 0 atom stereocenters. The summed E-state index contributed by atoms with van der Waals surface area (Å²) in [5, 5.41) is 3.39. The number of thioether (sulfide) groups is 1. The Balaban J connectivity index is 1.39. The SMILES string of the molecule is COc1cc(C=C2SC(N3CCC(NC(=O)OC(C)(C)C)CC3)=NC2=O)ccc1OCc1ccc(C(F)(F)F)cc1C(F)(F)F. The molecule has 0 saturated carbocycles. The first-order chi connectivity index (χ1) is 20.9. The Labute approximate surface area is 259 Å². The van der Waals surface area contributed by atoms with Crippen LogP contribution in [0.1, 0.15) is 55.9 Å². The number of alkyl halides is 6. The van der Waals surface area contributed by atoms with Gasteiger partial charge in [0.2, 0.25) is 0 Å². The quantitative estimate of drug-likeness (QED) is 0.258. The van der Waals surface area contributed by atoms with Gasteiger partial charge in [-0.3, -0.25) is 4.79 Å². The zero-order valence-corrected chi connectivity index (χ0v) is 25.6. The molecule has 2 aromatic carbocycles. The topological polar surface area (TPSA) is 89.5 Å². The average Bonchev–Trinajstić information content (AvgIpc) is 3.30. The first-order valence-electron chi connectivity index (χ1n) is 13.8. The van der Waals surface area contributed by atoms with Crippen LogP contribution in [-0.2, 0) is 28.5 Å². The summed E-state index contributed by atoms with van der Waals surface area (Å²) in [6.45, 7) is 5.83. The lowest BCUT2D eigenvalue weighted by Gasteiger charge is -2.33. The van der Waals surface area contributed by atoms with Crippen LogP contribution >= 0.6 is 11.8 Å². The molecule has 0 bridgehead atoms. The lowest BCUT2D eigenvalue weighted by atomic mass is 10.0. The smallest absolute Gasteiger partial charge is 0.416 e. The second-order valence-corrected chi connectivity index (χ2v) is 12.3. The van der Waals surface area contributed by atoms with Gasteiger partial charge in [0, 0.05) is 24.7 Å². The number of nitrogens with zero attached hydrogens (tertiary/aromatic N) is 2. The van der Waals surface area contributed by atoms with Gasteiger partial charge in [0.15, 0.2) is 16.7 Å². The number of benzene rings is 2. The number of ether oxygens (including phenoxy) is 3. The molecule has 2 amide bonds. The molecule has 0 aromatic heterocycles. The van der Waals surface area contributed by atoms with Gasteiger partial charge in [0.25, 0.3) is 5.91 Å². The molecule has 4 rings (SSSR count). The summed E-state index contributed by atoms with van der Waals surface area (Å²) in [6.07, 6.45) is -7.58. The Kier molecular flexibility index (Phi) is 10.00. The number of amidine groups is 1. The summed E-state index contributed by atoms with van der Waals surface area (Å²) in [5.41, 5.74) is -3.42. The number of halogens is 6. The maximum Gasteiger partial charge on any atom is 0.416 e. The molecule has 2 aliphatic heterocycles. The Morgan fingerprint density at radius 2 is 1.71 bits per heavy atom. The second kappa shape index (κ2) is 13.2. The molecule has 45 heavy (non-hydrogen) atoms. The van der Waals surface area contributed by atoms with Crippen molar-refractivity contribution in [1.29, 1.82) is 0 Å². The fourth-order valence-corrected chi connectivity index (χ4v) is 5.53. The molecular formula is C30H31F6N3O5S. The molecule has 0 unspecified atom stereocenters. The first kappa shape index (κ1) is 34.0. The van der Waals surface area contributed by atoms with Gasteiger partial charge in [0.1, 0.15) is 12.2 Å². The van der Waals surface area contributed by atoms with E-state index in [2.05, 4.69) is 10.3 Å². The normalized spacial score (nSPS) is 17.4. The Morgan fingerprint density at radius 3 is 2.31 bits per heavy atom. The van der Waals surface area contributed by atoms with Gasteiger partial charge < -0.3 is 24.4 Å². The Hall–Kier alpha value is -3.88. The summed E-state index contributed by atoms with van der Waals surface area (Å²) in [7, 11) is 1.32. The van der Waals surface area contributed by atoms with Crippen molar-refractivity contribution in [2.75, 3.05) is 20.2 Å². The number of methoxy groups -OCH3 is 1. The summed E-state index contributed by atoms with van der Waals surface area (Å²) in [5.74, 6) is -0.246. The van der Waals surface area contributed by atoms with E-state index in [0.717, 1.165) is 6.07 Å². The van der Waals surface area contributed by atoms with Crippen molar-refractivity contribution in [3.63, 3.8) is 0 Å². The van der Waals surface area contributed by atoms with Crippen molar-refractivity contribution < 1.29 is 50.1 Å². The van der Waals surface area contributed by atoms with Crippen LogP contribution in [0.5, 0.6) is 11.5 Å². The summed E-state index contributed by atoms with van der Waals surface area (Å²) < 4.78 is 95.6. The molecule has 15 heteroatoms. The summed E-state index contributed by atoms with van der Waals surface area (Å²) in [4.78, 5) is 31.2. The van der Waals surface area contributed by atoms with Gasteiger partial charge in [-0.2, -0.15) is 31.3 Å². The van der Waals surface area contributed by atoms with Crippen LogP contribution in [0, 0.1) is 0 Å². The van der Waals surface area contributed by atoms with E-state index in [4.69, 9.17) is 14.2 Å². The van der Waals surface area contributed by atoms with Crippen LogP contribution in [0.25, 0.3) is 6.08 Å². The largest absolute Gasteiger partial charge is 0.493 e. The van der Waals surface area contributed by atoms with Crippen LogP contribution in [0.3, 0.4) is 0 Å². The molecule has 0 spiro atoms. The van der Waals surface area contributed by atoms with E-state index in [1.54, 1.807) is 32.9 Å². The van der Waals surface area contributed by atoms with Gasteiger partial charge >= 0.3 is 18.4 Å². The van der Waals surface area contributed by atoms with Gasteiger partial charge in [0.05, 0.1) is 23.1 Å². The minimum atomic E-state index is -5.03. The first-order valence-corrected chi connectivity index (χ1v) is 14.6. The van der Waals surface area contributed by atoms with Crippen molar-refractivity contribution in [2.45, 2.75) is 64.2 Å². The highest BCUT2D eigenvalue weighted by Gasteiger charge is 2.38. The van der Waals surface area contributed by atoms with Crippen molar-refractivity contribution in [2.24, 2.45) is 4.99 Å². The van der Waals surface area contributed by atoms with E-state index in [0.29, 0.717) is 47.6 Å². The van der Waals surface area contributed by atoms with E-state index in [1.165, 1.54) is 31.0 Å². The zero-order chi connectivity index (χ0) is 33.2. The third kappa shape index (κ3) is 9.08. The van der Waals surface area contributed by atoms with E-state index in [1.807, 2.05) is 4.90 Å². The Morgan fingerprint density at radius 1 is 1.02 bits per heavy atom. The van der Waals surface area contributed by atoms with Gasteiger partial charge in [-0.1, -0.05) is 12.1 Å². The number of rotatable bonds is 6. The molecule has 2 heterocycles. The molecule has 8 nitrogen and oxygen atoms in total. The molecule has 0 aliphatic carbocycles. The maximum atomic E-state index is 13.5. The van der Waals surface area contributed by atoms with E-state index in [9.17, 15) is 35.9 Å². The highest BCUT2D eigenvalue weighted by molar-refractivity contribution is 8.18. The minimum Gasteiger partial charge on any atom is -0.493 e. The lowest BCUT2D eigenvalue weighted by molar-refractivity contribution is -0.143. The number of amides is 2. The minimum absolute atomic E-state index is 0.0536. The molecule has 2 aromatic rings. The maximum absolute atomic E-state index is 13.5. The third-order valence-electron chi connectivity index (χ3n) is 6.71. The standard InChI is InChI=1S/C30H31F6N3O5S/c1-28(2,3)44-27(41)37-20-9-11-39(12-10-20)26-38-25(40)24(45-26)14-17-5-8-22(23(13-17)42-4)43-16-18-6-7-19(29(31,32)33)15-21(18)30(34,35)36/h5-8,13-15,20H,9-12,16H2,1-4H3,(H,37,41). The number of carbonyl (C=O) groups is 2. The van der Waals surface area contributed by atoms with Crippen molar-refractivity contribution in [3.05, 3.63) is 63.6 Å². The predicted molar refractivity (Wildman–Crippen MR) is 156 cm³/mol. The highest BCUT2D eigenvalue weighted by atomic mass is 32.2. The summed E-state index contributed by atoms with van der Waals surface area (Å²) >= 11 is 1.19. The van der Waals surface area contributed by atoms with E-state index < -0.39 is 53.3 Å². The number of piperidine rings is 1. The fraction of sp³-hybridized carbons (Fsp3) is 0.433.